The van der Waals surface area contributed by atoms with Crippen LogP contribution in [-0.4, -0.2) is 86.8 Å². The van der Waals surface area contributed by atoms with Crippen molar-refractivity contribution in [2.24, 2.45) is 5.92 Å². The van der Waals surface area contributed by atoms with E-state index >= 15 is 0 Å². The number of piperidine rings is 1. The molecule has 0 aliphatic carbocycles. The van der Waals surface area contributed by atoms with Crippen LogP contribution in [0.15, 0.2) is 36.4 Å². The molecule has 2 aromatic rings. The van der Waals surface area contributed by atoms with Crippen LogP contribution in [0.4, 0.5) is 5.69 Å². The van der Waals surface area contributed by atoms with E-state index in [1.807, 2.05) is 24.3 Å². The maximum atomic E-state index is 13.1. The van der Waals surface area contributed by atoms with E-state index < -0.39 is 28.8 Å². The number of rotatable bonds is 23. The molecule has 280 valence electrons. The molecule has 51 heavy (non-hydrogen) atoms. The van der Waals surface area contributed by atoms with Crippen molar-refractivity contribution >= 4 is 29.2 Å². The Morgan fingerprint density at radius 3 is 2.10 bits per heavy atom. The summed E-state index contributed by atoms with van der Waals surface area (Å²) < 4.78 is 21.0. The van der Waals surface area contributed by atoms with Gasteiger partial charge in [-0.05, 0) is 69.9 Å². The molecule has 1 heterocycles. The van der Waals surface area contributed by atoms with E-state index in [-0.39, 0.29) is 79.6 Å². The third-order valence-electron chi connectivity index (χ3n) is 9.07. The lowest BCUT2D eigenvalue weighted by Gasteiger charge is -2.26. The van der Waals surface area contributed by atoms with Crippen LogP contribution >= 0.6 is 0 Å². The van der Waals surface area contributed by atoms with Gasteiger partial charge in [0.25, 0.3) is 5.69 Å². The first-order valence-electron chi connectivity index (χ1n) is 17.5. The zero-order valence-electron chi connectivity index (χ0n) is 30.2. The number of nitro groups is 1. The summed E-state index contributed by atoms with van der Waals surface area (Å²) in [5, 5.41) is 17.9. The average molecular weight is 713 g/mol. The minimum Gasteiger partial charge on any atom is -0.493 e. The van der Waals surface area contributed by atoms with Crippen LogP contribution in [-0.2, 0) is 48.4 Å². The van der Waals surface area contributed by atoms with Crippen LogP contribution in [0.3, 0.4) is 0 Å². The van der Waals surface area contributed by atoms with Gasteiger partial charge in [0.2, 0.25) is 0 Å². The standard InChI is InChI=1S/C37H52N4O10/c1-26(42)29(12-14-36(44)51-25-30-21-34(48-3)35(49-4)22-32(30)41(46)47)20-33(43)31(38-2)13-15-37(45)50-24-28-10-8-27(9-11-28)23-39-16-19-40-17-6-5-7-18-40/h8-11,21-22,29,31,38-39H,5-7,12-20,23-25H2,1-4H3/t29-,31-/m1/s1. The second-order valence-electron chi connectivity index (χ2n) is 12.7. The molecule has 0 spiro atoms. The summed E-state index contributed by atoms with van der Waals surface area (Å²) in [7, 11) is 4.33. The zero-order valence-corrected chi connectivity index (χ0v) is 30.2. The number of hydrogen-bond acceptors (Lipinski definition) is 13. The highest BCUT2D eigenvalue weighted by molar-refractivity contribution is 5.90. The number of benzene rings is 2. The first kappa shape index (κ1) is 41.0. The first-order valence-corrected chi connectivity index (χ1v) is 17.5. The van der Waals surface area contributed by atoms with Gasteiger partial charge in [0.1, 0.15) is 24.8 Å². The Morgan fingerprint density at radius 1 is 0.882 bits per heavy atom. The smallest absolute Gasteiger partial charge is 0.306 e. The minimum atomic E-state index is -0.740. The Kier molecular flexibility index (Phi) is 17.5. The number of carbonyl (C=O) groups is 4. The fourth-order valence-electron chi connectivity index (χ4n) is 5.92. The maximum absolute atomic E-state index is 13.1. The first-order chi connectivity index (χ1) is 24.5. The highest BCUT2D eigenvalue weighted by Gasteiger charge is 2.26. The monoisotopic (exact) mass is 712 g/mol. The largest absolute Gasteiger partial charge is 0.493 e. The van der Waals surface area contributed by atoms with Crippen molar-refractivity contribution in [2.75, 3.05) is 47.4 Å². The Morgan fingerprint density at radius 2 is 1.49 bits per heavy atom. The molecule has 0 radical (unpaired) electrons. The number of nitrogens with zero attached hydrogens (tertiary/aromatic N) is 2. The second kappa shape index (κ2) is 21.7. The summed E-state index contributed by atoms with van der Waals surface area (Å²) in [6.45, 7) is 6.23. The van der Waals surface area contributed by atoms with Crippen molar-refractivity contribution in [1.29, 1.82) is 0 Å². The third kappa shape index (κ3) is 14.0. The fourth-order valence-corrected chi connectivity index (χ4v) is 5.92. The Balaban J connectivity index is 1.38. The number of methoxy groups -OCH3 is 2. The molecule has 1 aliphatic heterocycles. The van der Waals surface area contributed by atoms with Gasteiger partial charge in [0, 0.05) is 44.8 Å². The summed E-state index contributed by atoms with van der Waals surface area (Å²) in [5.41, 5.74) is 1.83. The normalized spacial score (nSPS) is 14.3. The second-order valence-corrected chi connectivity index (χ2v) is 12.7. The molecule has 0 saturated carbocycles. The van der Waals surface area contributed by atoms with Crippen molar-refractivity contribution in [2.45, 2.75) is 84.1 Å². The highest BCUT2D eigenvalue weighted by Crippen LogP contribution is 2.35. The van der Waals surface area contributed by atoms with Gasteiger partial charge in [-0.3, -0.25) is 29.3 Å². The summed E-state index contributed by atoms with van der Waals surface area (Å²) >= 11 is 0. The number of nitro benzene ring substituents is 1. The van der Waals surface area contributed by atoms with Gasteiger partial charge in [0.15, 0.2) is 11.5 Å². The van der Waals surface area contributed by atoms with E-state index in [0.717, 1.165) is 30.8 Å². The third-order valence-corrected chi connectivity index (χ3v) is 9.07. The minimum absolute atomic E-state index is 0.00954. The Hall–Kier alpha value is -4.40. The van der Waals surface area contributed by atoms with E-state index in [9.17, 15) is 29.3 Å². The maximum Gasteiger partial charge on any atom is 0.306 e. The number of hydrogen-bond donors (Lipinski definition) is 2. The van der Waals surface area contributed by atoms with Crippen LogP contribution in [0.1, 0.15) is 75.0 Å². The molecular formula is C37H52N4O10. The van der Waals surface area contributed by atoms with Crippen molar-refractivity contribution in [3.63, 3.8) is 0 Å². The van der Waals surface area contributed by atoms with E-state index in [4.69, 9.17) is 18.9 Å². The predicted octanol–water partition coefficient (Wildman–Crippen LogP) is 4.29. The molecule has 0 unspecified atom stereocenters. The summed E-state index contributed by atoms with van der Waals surface area (Å²) in [5.74, 6) is -1.99. The molecule has 14 heteroatoms. The number of Topliss-reactive ketones (excluding diaryl/α,β-unsaturated/α-hetero) is 2. The number of nitrogens with one attached hydrogen (secondary N) is 2. The van der Waals surface area contributed by atoms with Gasteiger partial charge in [-0.1, -0.05) is 30.7 Å². The predicted molar refractivity (Wildman–Crippen MR) is 189 cm³/mol. The van der Waals surface area contributed by atoms with Crippen LogP contribution in [0.2, 0.25) is 0 Å². The number of esters is 2. The van der Waals surface area contributed by atoms with Crippen molar-refractivity contribution in [3.8, 4) is 11.5 Å². The molecule has 0 amide bonds. The lowest BCUT2D eigenvalue weighted by atomic mass is 9.90. The van der Waals surface area contributed by atoms with Gasteiger partial charge >= 0.3 is 11.9 Å². The molecule has 3 rings (SSSR count). The number of ketones is 2. The lowest BCUT2D eigenvalue weighted by Crippen LogP contribution is -2.36. The molecule has 2 N–H and O–H groups in total. The highest BCUT2D eigenvalue weighted by atomic mass is 16.6. The number of likely N-dealkylation sites (N-methyl/N-ethyl adjacent to an activating group) is 1. The van der Waals surface area contributed by atoms with Gasteiger partial charge < -0.3 is 34.5 Å². The van der Waals surface area contributed by atoms with Gasteiger partial charge in [-0.2, -0.15) is 0 Å². The Bertz CT molecular complexity index is 1460. The van der Waals surface area contributed by atoms with E-state index in [0.29, 0.717) is 0 Å². The quantitative estimate of drug-likeness (QED) is 0.0723. The summed E-state index contributed by atoms with van der Waals surface area (Å²) in [4.78, 5) is 63.9. The van der Waals surface area contributed by atoms with Crippen molar-refractivity contribution < 1.29 is 43.0 Å². The summed E-state index contributed by atoms with van der Waals surface area (Å²) in [6.07, 6.45) is 3.86. The van der Waals surface area contributed by atoms with Crippen LogP contribution in [0.5, 0.6) is 11.5 Å². The van der Waals surface area contributed by atoms with Gasteiger partial charge in [-0.25, -0.2) is 0 Å². The van der Waals surface area contributed by atoms with Crippen LogP contribution in [0.25, 0.3) is 0 Å². The molecule has 1 aliphatic rings. The molecule has 0 aromatic heterocycles. The molecular weight excluding hydrogens is 660 g/mol. The van der Waals surface area contributed by atoms with E-state index in [1.165, 1.54) is 65.6 Å². The zero-order chi connectivity index (χ0) is 37.2. The number of ether oxygens (including phenoxy) is 4. The average Bonchev–Trinajstić information content (AvgIpc) is 3.13. The van der Waals surface area contributed by atoms with Gasteiger partial charge in [0.05, 0.1) is 36.8 Å². The van der Waals surface area contributed by atoms with Crippen molar-refractivity contribution in [3.05, 3.63) is 63.2 Å². The van der Waals surface area contributed by atoms with Crippen LogP contribution in [0, 0.1) is 16.0 Å². The molecule has 1 saturated heterocycles. The number of carbonyl (C=O) groups excluding carboxylic acids is 4. The lowest BCUT2D eigenvalue weighted by molar-refractivity contribution is -0.385. The van der Waals surface area contributed by atoms with Crippen molar-refractivity contribution in [1.82, 2.24) is 15.5 Å². The number of likely N-dealkylation sites (tertiary alicyclic amines) is 1. The van der Waals surface area contributed by atoms with E-state index in [1.54, 1.807) is 7.05 Å². The Labute approximate surface area is 299 Å². The molecule has 14 nitrogen and oxygen atoms in total. The fraction of sp³-hybridized carbons (Fsp3) is 0.568. The van der Waals surface area contributed by atoms with Gasteiger partial charge in [-0.15, -0.1) is 0 Å². The summed E-state index contributed by atoms with van der Waals surface area (Å²) in [6, 6.07) is 9.78. The van der Waals surface area contributed by atoms with E-state index in [2.05, 4.69) is 15.5 Å². The topological polar surface area (TPSA) is 176 Å². The molecule has 2 aromatic carbocycles. The van der Waals surface area contributed by atoms with Crippen LogP contribution < -0.4 is 20.1 Å². The molecule has 1 fully saturated rings. The SMILES string of the molecule is CN[C@H](CCC(=O)OCc1ccc(CNCCN2CCCCC2)cc1)C(=O)C[C@@H](CCC(=O)OCc1cc(OC)c(OC)cc1[N+](=O)[O-])C(C)=O. The molecule has 0 bridgehead atoms. The molecule has 2 atom stereocenters.